The lowest BCUT2D eigenvalue weighted by atomic mass is 9.33. The molecule has 0 aromatic heterocycles. The quantitative estimate of drug-likeness (QED) is 0.260. The molecule has 0 spiro atoms. The largest absolute Gasteiger partial charge is 0.462 e. The van der Waals surface area contributed by atoms with Crippen LogP contribution in [-0.4, -0.2) is 57.9 Å². The number of carbonyl (C=O) groups excluding carboxylic acids is 4. The number of ether oxygens (including phenoxy) is 2. The Hall–Kier alpha value is -3.00. The zero-order valence-electron chi connectivity index (χ0n) is 38.7. The molecule has 330 valence electrons. The van der Waals surface area contributed by atoms with Crippen LogP contribution in [0, 0.1) is 68.0 Å². The first-order valence-corrected chi connectivity index (χ1v) is 23.7. The Morgan fingerprint density at radius 1 is 0.817 bits per heavy atom. The summed E-state index contributed by atoms with van der Waals surface area (Å²) in [6.07, 6.45) is 9.81. The Bertz CT molecular complexity index is 1940. The molecule has 8 rings (SSSR count). The van der Waals surface area contributed by atoms with Crippen LogP contribution in [0.5, 0.6) is 0 Å². The van der Waals surface area contributed by atoms with E-state index in [4.69, 9.17) is 9.47 Å². The highest BCUT2D eigenvalue weighted by Gasteiger charge is 2.72. The van der Waals surface area contributed by atoms with Crippen molar-refractivity contribution in [1.82, 2.24) is 4.90 Å². The number of rotatable bonds is 8. The summed E-state index contributed by atoms with van der Waals surface area (Å²) in [5.74, 6) is 0.222. The van der Waals surface area contributed by atoms with Gasteiger partial charge < -0.3 is 19.5 Å². The van der Waals surface area contributed by atoms with Crippen LogP contribution in [0.1, 0.15) is 159 Å². The molecule has 1 N–H and O–H groups in total. The number of carbonyl (C=O) groups is 4. The van der Waals surface area contributed by atoms with E-state index in [0.29, 0.717) is 31.2 Å². The van der Waals surface area contributed by atoms with Gasteiger partial charge >= 0.3 is 11.9 Å². The molecule has 1 aromatic carbocycles. The van der Waals surface area contributed by atoms with Crippen molar-refractivity contribution in [2.75, 3.05) is 6.54 Å². The van der Waals surface area contributed by atoms with Crippen LogP contribution in [0.4, 0.5) is 0 Å². The number of likely N-dealkylation sites (tertiary alicyclic amines) is 1. The van der Waals surface area contributed by atoms with E-state index in [0.717, 1.165) is 68.9 Å². The van der Waals surface area contributed by atoms with Crippen molar-refractivity contribution in [1.29, 1.82) is 0 Å². The van der Waals surface area contributed by atoms with Crippen molar-refractivity contribution in [2.45, 2.75) is 178 Å². The highest BCUT2D eigenvalue weighted by molar-refractivity contribution is 6.07. The number of hydrogen-bond acceptors (Lipinski definition) is 7. The number of Topliss-reactive ketones (excluding diaryl/α,β-unsaturated/α-hetero) is 1. The van der Waals surface area contributed by atoms with E-state index < -0.39 is 16.4 Å². The molecule has 60 heavy (non-hydrogen) atoms. The van der Waals surface area contributed by atoms with Gasteiger partial charge in [0.1, 0.15) is 12.7 Å². The highest BCUT2D eigenvalue weighted by atomic mass is 16.5. The van der Waals surface area contributed by atoms with Crippen LogP contribution < -0.4 is 0 Å². The Labute approximate surface area is 360 Å². The molecule has 1 aromatic rings. The number of hydrogen-bond donors (Lipinski definition) is 1. The summed E-state index contributed by atoms with van der Waals surface area (Å²) >= 11 is 0. The van der Waals surface area contributed by atoms with Gasteiger partial charge in [-0.3, -0.25) is 19.2 Å². The van der Waals surface area contributed by atoms with Crippen LogP contribution >= 0.6 is 0 Å². The van der Waals surface area contributed by atoms with E-state index in [-0.39, 0.29) is 94.1 Å². The molecule has 8 nitrogen and oxygen atoms in total. The number of allylic oxidation sites excluding steroid dienone is 1. The van der Waals surface area contributed by atoms with Crippen LogP contribution in [0.3, 0.4) is 0 Å². The number of aliphatic hydroxyl groups is 1. The second kappa shape index (κ2) is 14.5. The molecule has 5 saturated carbocycles. The van der Waals surface area contributed by atoms with E-state index in [1.54, 1.807) is 0 Å². The molecule has 11 atom stereocenters. The third kappa shape index (κ3) is 6.26. The molecule has 1 aliphatic heterocycles. The number of esters is 2. The molecule has 7 aliphatic rings. The molecule has 6 aliphatic carbocycles. The molecule has 1 heterocycles. The lowest BCUT2D eigenvalue weighted by molar-refractivity contribution is -0.236. The van der Waals surface area contributed by atoms with Crippen molar-refractivity contribution in [2.24, 2.45) is 68.0 Å². The Morgan fingerprint density at radius 3 is 2.15 bits per heavy atom. The molecule has 0 unspecified atom stereocenters. The first-order chi connectivity index (χ1) is 27.9. The predicted octanol–water partition coefficient (Wildman–Crippen LogP) is 10.0. The van der Waals surface area contributed by atoms with Crippen molar-refractivity contribution in [3.8, 4) is 0 Å². The van der Waals surface area contributed by atoms with E-state index in [9.17, 15) is 19.5 Å². The summed E-state index contributed by atoms with van der Waals surface area (Å²) in [5, 5.41) is 11.2. The summed E-state index contributed by atoms with van der Waals surface area (Å²) in [4.78, 5) is 58.5. The number of fused-ring (bicyclic) bond motifs is 7. The Balaban J connectivity index is 1.00. The van der Waals surface area contributed by atoms with Gasteiger partial charge in [0, 0.05) is 18.4 Å². The van der Waals surface area contributed by atoms with E-state index in [1.165, 1.54) is 5.57 Å². The predicted molar refractivity (Wildman–Crippen MR) is 232 cm³/mol. The van der Waals surface area contributed by atoms with E-state index in [2.05, 4.69) is 48.5 Å². The van der Waals surface area contributed by atoms with Gasteiger partial charge in [-0.1, -0.05) is 92.6 Å². The van der Waals surface area contributed by atoms with Gasteiger partial charge in [-0.15, -0.1) is 0 Å². The summed E-state index contributed by atoms with van der Waals surface area (Å²) < 4.78 is 12.3. The maximum absolute atomic E-state index is 15.1. The number of nitrogens with zero attached hydrogens (tertiary/aromatic N) is 1. The van der Waals surface area contributed by atoms with E-state index >= 15 is 4.79 Å². The second-order valence-corrected chi connectivity index (χ2v) is 23.6. The maximum atomic E-state index is 15.1. The highest BCUT2D eigenvalue weighted by Crippen LogP contribution is 2.77. The second-order valence-electron chi connectivity index (χ2n) is 23.6. The fourth-order valence-electron chi connectivity index (χ4n) is 15.9. The smallest absolute Gasteiger partial charge is 0.309 e. The fraction of sp³-hybridized carbons (Fsp3) is 0.769. The summed E-state index contributed by atoms with van der Waals surface area (Å²) in [6, 6.07) is 9.47. The van der Waals surface area contributed by atoms with Crippen LogP contribution in [-0.2, 0) is 35.3 Å². The first-order valence-electron chi connectivity index (χ1n) is 23.7. The van der Waals surface area contributed by atoms with E-state index in [1.807, 2.05) is 62.9 Å². The standard InChI is InChI=1S/C52H75NO7/c1-31(2)41-36(54)29-52(45(57)53-27-15-18-39(53)48(7,8)58)26-25-50(10)33(42(41)52)19-20-38-49(9)23-22-40(47(5,6)37(49)21-24-51(38,50)11)60-44(56)35-28-34(46(35,3)4)43(55)59-30-32-16-13-12-14-17-32/h12-14,16-17,31,33-35,37-40,58H,15,18-30H2,1-11H3/t33-,34+,35-,37+,38-,39+,40+,49+,50-,51-,52-/m1/s1. The first kappa shape index (κ1) is 43.6. The van der Waals surface area contributed by atoms with Gasteiger partial charge in [-0.2, -0.15) is 0 Å². The number of amides is 1. The topological polar surface area (TPSA) is 110 Å². The average Bonchev–Trinajstić information content (AvgIpc) is 3.79. The van der Waals surface area contributed by atoms with Gasteiger partial charge in [0.15, 0.2) is 5.78 Å². The number of ketones is 1. The average molecular weight is 826 g/mol. The zero-order valence-corrected chi connectivity index (χ0v) is 38.7. The van der Waals surface area contributed by atoms with Crippen LogP contribution in [0.2, 0.25) is 0 Å². The Morgan fingerprint density at radius 2 is 1.50 bits per heavy atom. The van der Waals surface area contributed by atoms with Crippen molar-refractivity contribution >= 4 is 23.6 Å². The van der Waals surface area contributed by atoms with Gasteiger partial charge in [0.2, 0.25) is 5.91 Å². The molecular weight excluding hydrogens is 751 g/mol. The molecule has 1 amide bonds. The van der Waals surface area contributed by atoms with Gasteiger partial charge in [0.05, 0.1) is 28.9 Å². The molecular formula is C52H75NO7. The molecule has 0 radical (unpaired) electrons. The van der Waals surface area contributed by atoms with Crippen molar-refractivity contribution in [3.63, 3.8) is 0 Å². The lowest BCUT2D eigenvalue weighted by Gasteiger charge is -2.72. The third-order valence-electron chi connectivity index (χ3n) is 19.4. The minimum atomic E-state index is -1.00. The summed E-state index contributed by atoms with van der Waals surface area (Å²) in [5.41, 5.74) is 0.473. The van der Waals surface area contributed by atoms with Crippen LogP contribution in [0.15, 0.2) is 41.5 Å². The minimum absolute atomic E-state index is 0.0139. The maximum Gasteiger partial charge on any atom is 0.309 e. The molecule has 0 bridgehead atoms. The SMILES string of the molecule is CC(C)C1=C2[C@H]3CC[C@@H]4[C@@]5(C)CC[C@H](OC(=O)[C@H]6C[C@@H](C(=O)OCc7ccccc7)C6(C)C)C(C)(C)[C@@H]5CC[C@@]4(C)[C@]3(C)CC[C@@]2(C(=O)N2CCC[C@H]2C(C)(C)O)CC1=O. The number of benzene rings is 1. The van der Waals surface area contributed by atoms with Crippen molar-refractivity contribution < 1.29 is 33.8 Å². The lowest BCUT2D eigenvalue weighted by Crippen LogP contribution is -2.66. The van der Waals surface area contributed by atoms with Crippen molar-refractivity contribution in [3.05, 3.63) is 47.0 Å². The van der Waals surface area contributed by atoms with Gasteiger partial charge in [-0.25, -0.2) is 0 Å². The molecule has 1 saturated heterocycles. The van der Waals surface area contributed by atoms with Crippen LogP contribution in [0.25, 0.3) is 0 Å². The zero-order chi connectivity index (χ0) is 43.6. The third-order valence-corrected chi connectivity index (χ3v) is 19.4. The summed E-state index contributed by atoms with van der Waals surface area (Å²) in [6.45, 7) is 25.1. The Kier molecular flexibility index (Phi) is 10.6. The minimum Gasteiger partial charge on any atom is -0.462 e. The van der Waals surface area contributed by atoms with Gasteiger partial charge in [0.25, 0.3) is 0 Å². The fourth-order valence-corrected chi connectivity index (χ4v) is 15.9. The normalized spacial score (nSPS) is 40.5. The molecule has 6 fully saturated rings. The van der Waals surface area contributed by atoms with Gasteiger partial charge in [-0.05, 0) is 147 Å². The summed E-state index contributed by atoms with van der Waals surface area (Å²) in [7, 11) is 0. The molecule has 8 heteroatoms. The monoisotopic (exact) mass is 826 g/mol.